The van der Waals surface area contributed by atoms with Crippen LogP contribution in [0.2, 0.25) is 0 Å². The quantitative estimate of drug-likeness (QED) is 0.246. The minimum Gasteiger partial charge on any atom is -0.353 e. The normalized spacial score (nSPS) is 13.2. The zero-order chi connectivity index (χ0) is 9.23. The van der Waals surface area contributed by atoms with Crippen LogP contribution in [0.5, 0.6) is 0 Å². The molecule has 0 aliphatic rings. The molecule has 0 bridgehead atoms. The molecule has 3 heteroatoms. The standard InChI is InChI=1S/C9H20O3/c1-4-6-7-8-11-12-9(5-2)10-3/h9H,4-8H2,1-3H3. The molecule has 0 saturated heterocycles. The molecule has 0 aliphatic heterocycles. The van der Waals surface area contributed by atoms with E-state index in [1.165, 1.54) is 12.8 Å². The summed E-state index contributed by atoms with van der Waals surface area (Å²) in [6.07, 6.45) is 4.03. The first-order valence-electron chi connectivity index (χ1n) is 4.66. The highest BCUT2D eigenvalue weighted by molar-refractivity contribution is 4.34. The van der Waals surface area contributed by atoms with E-state index < -0.39 is 0 Å². The molecule has 0 saturated carbocycles. The second kappa shape index (κ2) is 8.97. The summed E-state index contributed by atoms with van der Waals surface area (Å²) in [4.78, 5) is 9.92. The van der Waals surface area contributed by atoms with Gasteiger partial charge in [0, 0.05) is 7.11 Å². The van der Waals surface area contributed by atoms with E-state index in [4.69, 9.17) is 14.5 Å². The molecule has 0 amide bonds. The summed E-state index contributed by atoms with van der Waals surface area (Å²) >= 11 is 0. The molecule has 0 rings (SSSR count). The summed E-state index contributed by atoms with van der Waals surface area (Å²) < 4.78 is 4.96. The van der Waals surface area contributed by atoms with Crippen molar-refractivity contribution in [3.63, 3.8) is 0 Å². The Labute approximate surface area is 74.9 Å². The summed E-state index contributed by atoms with van der Waals surface area (Å²) in [6, 6.07) is 0. The summed E-state index contributed by atoms with van der Waals surface area (Å²) in [6.45, 7) is 4.81. The molecule has 74 valence electrons. The van der Waals surface area contributed by atoms with Gasteiger partial charge in [-0.1, -0.05) is 26.7 Å². The van der Waals surface area contributed by atoms with E-state index in [9.17, 15) is 0 Å². The van der Waals surface area contributed by atoms with Crippen LogP contribution in [0.4, 0.5) is 0 Å². The Morgan fingerprint density at radius 3 is 2.42 bits per heavy atom. The van der Waals surface area contributed by atoms with Gasteiger partial charge in [-0.3, -0.25) is 0 Å². The van der Waals surface area contributed by atoms with Crippen molar-refractivity contribution in [2.45, 2.75) is 45.8 Å². The minimum absolute atomic E-state index is 0.216. The molecule has 12 heavy (non-hydrogen) atoms. The van der Waals surface area contributed by atoms with Crippen LogP contribution in [-0.2, 0) is 14.5 Å². The van der Waals surface area contributed by atoms with Gasteiger partial charge in [0.2, 0.25) is 0 Å². The fourth-order valence-electron chi connectivity index (χ4n) is 0.809. The van der Waals surface area contributed by atoms with E-state index in [1.54, 1.807) is 7.11 Å². The van der Waals surface area contributed by atoms with Gasteiger partial charge in [0.15, 0.2) is 6.29 Å². The average Bonchev–Trinajstić information content (AvgIpc) is 2.11. The molecular formula is C9H20O3. The zero-order valence-electron chi connectivity index (χ0n) is 8.34. The topological polar surface area (TPSA) is 27.7 Å². The maximum atomic E-state index is 4.96. The van der Waals surface area contributed by atoms with Crippen LogP contribution in [0.3, 0.4) is 0 Å². The molecule has 0 aliphatic carbocycles. The molecule has 0 spiro atoms. The third-order valence-electron chi connectivity index (χ3n) is 1.60. The fourth-order valence-corrected chi connectivity index (χ4v) is 0.809. The molecule has 0 N–H and O–H groups in total. The van der Waals surface area contributed by atoms with Gasteiger partial charge in [-0.25, -0.2) is 9.78 Å². The summed E-state index contributed by atoms with van der Waals surface area (Å²) in [5.41, 5.74) is 0. The Balaban J connectivity index is 3.06. The van der Waals surface area contributed by atoms with Crippen molar-refractivity contribution in [3.05, 3.63) is 0 Å². The Morgan fingerprint density at radius 1 is 1.17 bits per heavy atom. The molecule has 0 radical (unpaired) electrons. The average molecular weight is 176 g/mol. The highest BCUT2D eigenvalue weighted by Crippen LogP contribution is 2.00. The van der Waals surface area contributed by atoms with Crippen LogP contribution >= 0.6 is 0 Å². The first-order valence-corrected chi connectivity index (χ1v) is 4.66. The molecule has 3 nitrogen and oxygen atoms in total. The third-order valence-corrected chi connectivity index (χ3v) is 1.60. The second-order valence-electron chi connectivity index (χ2n) is 2.70. The Morgan fingerprint density at radius 2 is 1.92 bits per heavy atom. The van der Waals surface area contributed by atoms with Gasteiger partial charge in [-0.05, 0) is 12.8 Å². The number of unbranched alkanes of at least 4 members (excludes halogenated alkanes) is 2. The van der Waals surface area contributed by atoms with Gasteiger partial charge in [0.25, 0.3) is 0 Å². The maximum absolute atomic E-state index is 4.96. The minimum atomic E-state index is -0.216. The van der Waals surface area contributed by atoms with Crippen LogP contribution in [0.25, 0.3) is 0 Å². The SMILES string of the molecule is CCCCCOOC(CC)OC. The summed E-state index contributed by atoms with van der Waals surface area (Å²) in [7, 11) is 1.61. The first-order chi connectivity index (χ1) is 5.85. The number of hydrogen-bond acceptors (Lipinski definition) is 3. The van der Waals surface area contributed by atoms with Crippen LogP contribution in [0, 0.1) is 0 Å². The lowest BCUT2D eigenvalue weighted by molar-refractivity contribution is -0.374. The Hall–Kier alpha value is -0.120. The molecule has 1 atom stereocenters. The number of rotatable bonds is 8. The van der Waals surface area contributed by atoms with E-state index >= 15 is 0 Å². The summed E-state index contributed by atoms with van der Waals surface area (Å²) in [5.74, 6) is 0. The van der Waals surface area contributed by atoms with Gasteiger partial charge in [0.05, 0.1) is 6.61 Å². The first kappa shape index (κ1) is 11.9. The van der Waals surface area contributed by atoms with Crippen LogP contribution in [-0.4, -0.2) is 20.0 Å². The van der Waals surface area contributed by atoms with Crippen molar-refractivity contribution in [1.82, 2.24) is 0 Å². The lowest BCUT2D eigenvalue weighted by Crippen LogP contribution is -2.14. The molecule has 0 aromatic rings. The Bertz CT molecular complexity index is 81.8. The van der Waals surface area contributed by atoms with Crippen molar-refractivity contribution in [2.24, 2.45) is 0 Å². The molecule has 0 fully saturated rings. The van der Waals surface area contributed by atoms with Crippen molar-refractivity contribution >= 4 is 0 Å². The van der Waals surface area contributed by atoms with E-state index in [-0.39, 0.29) is 6.29 Å². The van der Waals surface area contributed by atoms with Crippen LogP contribution < -0.4 is 0 Å². The predicted molar refractivity (Wildman–Crippen MR) is 47.7 cm³/mol. The Kier molecular flexibility index (Phi) is 8.88. The highest BCUT2D eigenvalue weighted by Gasteiger charge is 2.03. The largest absolute Gasteiger partial charge is 0.353 e. The number of hydrogen-bond donors (Lipinski definition) is 0. The van der Waals surface area contributed by atoms with E-state index in [2.05, 4.69) is 6.92 Å². The number of methoxy groups -OCH3 is 1. The van der Waals surface area contributed by atoms with Crippen molar-refractivity contribution in [3.8, 4) is 0 Å². The van der Waals surface area contributed by atoms with Crippen LogP contribution in [0.1, 0.15) is 39.5 Å². The monoisotopic (exact) mass is 176 g/mol. The smallest absolute Gasteiger partial charge is 0.190 e. The van der Waals surface area contributed by atoms with Crippen molar-refractivity contribution < 1.29 is 14.5 Å². The molecular weight excluding hydrogens is 156 g/mol. The van der Waals surface area contributed by atoms with Gasteiger partial charge in [-0.2, -0.15) is 0 Å². The van der Waals surface area contributed by atoms with Gasteiger partial charge in [-0.15, -0.1) is 0 Å². The second-order valence-corrected chi connectivity index (χ2v) is 2.70. The summed E-state index contributed by atoms with van der Waals surface area (Å²) in [5, 5.41) is 0. The van der Waals surface area contributed by atoms with Gasteiger partial charge < -0.3 is 4.74 Å². The van der Waals surface area contributed by atoms with Gasteiger partial charge >= 0.3 is 0 Å². The fraction of sp³-hybridized carbons (Fsp3) is 1.00. The third kappa shape index (κ3) is 6.58. The van der Waals surface area contributed by atoms with Gasteiger partial charge in [0.1, 0.15) is 0 Å². The van der Waals surface area contributed by atoms with E-state index in [0.29, 0.717) is 6.61 Å². The lowest BCUT2D eigenvalue weighted by atomic mass is 10.3. The maximum Gasteiger partial charge on any atom is 0.190 e. The van der Waals surface area contributed by atoms with Crippen LogP contribution in [0.15, 0.2) is 0 Å². The predicted octanol–water partition coefficient (Wildman–Crippen LogP) is 2.51. The highest BCUT2D eigenvalue weighted by atomic mass is 17.2. The molecule has 0 aromatic heterocycles. The molecule has 1 unspecified atom stereocenters. The zero-order valence-corrected chi connectivity index (χ0v) is 8.34. The van der Waals surface area contributed by atoms with E-state index in [0.717, 1.165) is 12.8 Å². The molecule has 0 heterocycles. The van der Waals surface area contributed by atoms with Crippen molar-refractivity contribution in [1.29, 1.82) is 0 Å². The van der Waals surface area contributed by atoms with E-state index in [1.807, 2.05) is 6.92 Å². The van der Waals surface area contributed by atoms with Crippen molar-refractivity contribution in [2.75, 3.05) is 13.7 Å². The molecule has 0 aromatic carbocycles. The number of ether oxygens (including phenoxy) is 1. The lowest BCUT2D eigenvalue weighted by Gasteiger charge is -2.12.